The van der Waals surface area contributed by atoms with Crippen LogP contribution in [0.5, 0.6) is 0 Å². The average Bonchev–Trinajstić information content (AvgIpc) is 2.69. The lowest BCUT2D eigenvalue weighted by Gasteiger charge is -2.53. The van der Waals surface area contributed by atoms with E-state index in [-0.39, 0.29) is 48.4 Å². The molecule has 1 saturated carbocycles. The van der Waals surface area contributed by atoms with Crippen LogP contribution in [0.2, 0.25) is 0 Å². The van der Waals surface area contributed by atoms with Gasteiger partial charge in [0.15, 0.2) is 0 Å². The molecule has 2 aliphatic heterocycles. The van der Waals surface area contributed by atoms with Gasteiger partial charge < -0.3 is 20.0 Å². The van der Waals surface area contributed by atoms with Gasteiger partial charge in [0, 0.05) is 32.6 Å². The zero-order valence-electron chi connectivity index (χ0n) is 15.9. The number of rotatable bonds is 2. The fraction of sp³-hybridized carbons (Fsp3) is 0.833. The Morgan fingerprint density at radius 2 is 1.88 bits per heavy atom. The summed E-state index contributed by atoms with van der Waals surface area (Å²) in [5, 5.41) is 19.0. The minimum atomic E-state index is -1.00. The number of likely N-dealkylation sites (tertiary alicyclic amines) is 1. The predicted octanol–water partition coefficient (Wildman–Crippen LogP) is 1.44. The number of hydrogen-bond acceptors (Lipinski definition) is 4. The molecule has 1 aliphatic carbocycles. The molecule has 1 spiro atoms. The lowest BCUT2D eigenvalue weighted by Crippen LogP contribution is -2.66. The number of piperidine rings is 1. The van der Waals surface area contributed by atoms with Gasteiger partial charge in [-0.05, 0) is 30.6 Å². The SMILES string of the molecule is CN1C(=O)N(CC2CC(O)C2)C2(CCN(C(=O)O)CC2C(C)(C)C)C1=O. The van der Waals surface area contributed by atoms with Gasteiger partial charge in [0.2, 0.25) is 0 Å². The molecule has 2 unspecified atom stereocenters. The molecule has 3 aliphatic rings. The van der Waals surface area contributed by atoms with Gasteiger partial charge in [0.25, 0.3) is 5.91 Å². The van der Waals surface area contributed by atoms with Gasteiger partial charge in [-0.3, -0.25) is 9.69 Å². The molecular weight excluding hydrogens is 338 g/mol. The molecule has 2 heterocycles. The maximum absolute atomic E-state index is 13.2. The molecule has 0 aromatic heterocycles. The number of urea groups is 1. The number of amides is 4. The maximum Gasteiger partial charge on any atom is 0.407 e. The van der Waals surface area contributed by atoms with E-state index < -0.39 is 11.6 Å². The number of aliphatic hydroxyl groups is 1. The Labute approximate surface area is 153 Å². The van der Waals surface area contributed by atoms with Gasteiger partial charge >= 0.3 is 12.1 Å². The van der Waals surface area contributed by atoms with E-state index in [9.17, 15) is 24.6 Å². The van der Waals surface area contributed by atoms with Crippen molar-refractivity contribution in [2.75, 3.05) is 26.7 Å². The molecule has 26 heavy (non-hydrogen) atoms. The second kappa shape index (κ2) is 6.11. The third-order valence-electron chi connectivity index (χ3n) is 6.38. The average molecular weight is 367 g/mol. The highest BCUT2D eigenvalue weighted by molar-refractivity contribution is 6.07. The van der Waals surface area contributed by atoms with Gasteiger partial charge in [0.05, 0.1) is 6.10 Å². The Kier molecular flexibility index (Phi) is 4.45. The third kappa shape index (κ3) is 2.74. The molecule has 0 aromatic rings. The van der Waals surface area contributed by atoms with Crippen molar-refractivity contribution in [2.45, 2.75) is 51.7 Å². The van der Waals surface area contributed by atoms with E-state index >= 15 is 0 Å². The molecule has 146 valence electrons. The van der Waals surface area contributed by atoms with Crippen LogP contribution in [-0.2, 0) is 4.79 Å². The van der Waals surface area contributed by atoms with Crippen LogP contribution in [0.15, 0.2) is 0 Å². The minimum Gasteiger partial charge on any atom is -0.465 e. The number of carboxylic acid groups (broad SMARTS) is 1. The quantitative estimate of drug-likeness (QED) is 0.719. The van der Waals surface area contributed by atoms with Crippen LogP contribution in [0.4, 0.5) is 9.59 Å². The molecular formula is C18H29N3O5. The first kappa shape index (κ1) is 18.9. The number of hydrogen-bond donors (Lipinski definition) is 2. The lowest BCUT2D eigenvalue weighted by molar-refractivity contribution is -0.143. The number of carbonyl (C=O) groups excluding carboxylic acids is 2. The number of nitrogens with zero attached hydrogens (tertiary/aromatic N) is 3. The fourth-order valence-electron chi connectivity index (χ4n) is 4.88. The molecule has 2 N–H and O–H groups in total. The fourth-order valence-corrected chi connectivity index (χ4v) is 4.88. The second-order valence-electron chi connectivity index (χ2n) is 9.07. The van der Waals surface area contributed by atoms with Crippen molar-refractivity contribution in [1.29, 1.82) is 0 Å². The molecule has 2 atom stereocenters. The zero-order chi connectivity index (χ0) is 19.4. The first-order valence-corrected chi connectivity index (χ1v) is 9.24. The molecule has 3 fully saturated rings. The van der Waals surface area contributed by atoms with Crippen LogP contribution >= 0.6 is 0 Å². The van der Waals surface area contributed by atoms with E-state index in [1.54, 1.807) is 4.90 Å². The summed E-state index contributed by atoms with van der Waals surface area (Å²) < 4.78 is 0. The minimum absolute atomic E-state index is 0.184. The largest absolute Gasteiger partial charge is 0.465 e. The Morgan fingerprint density at radius 1 is 1.27 bits per heavy atom. The molecule has 0 radical (unpaired) electrons. The van der Waals surface area contributed by atoms with Crippen LogP contribution in [-0.4, -0.2) is 81.3 Å². The van der Waals surface area contributed by atoms with Crippen LogP contribution < -0.4 is 0 Å². The van der Waals surface area contributed by atoms with E-state index in [2.05, 4.69) is 0 Å². The molecule has 0 aromatic carbocycles. The van der Waals surface area contributed by atoms with Crippen LogP contribution in [0.25, 0.3) is 0 Å². The summed E-state index contributed by atoms with van der Waals surface area (Å²) in [6.07, 6.45) is 0.270. The molecule has 0 bridgehead atoms. The van der Waals surface area contributed by atoms with Crippen molar-refractivity contribution in [1.82, 2.24) is 14.7 Å². The first-order valence-electron chi connectivity index (χ1n) is 9.24. The van der Waals surface area contributed by atoms with Crippen molar-refractivity contribution >= 4 is 18.0 Å². The summed E-state index contributed by atoms with van der Waals surface area (Å²) in [5.74, 6) is -0.346. The van der Waals surface area contributed by atoms with Crippen LogP contribution in [0.3, 0.4) is 0 Å². The summed E-state index contributed by atoms with van der Waals surface area (Å²) in [6, 6.07) is -0.311. The van der Waals surface area contributed by atoms with Crippen molar-refractivity contribution in [3.8, 4) is 0 Å². The summed E-state index contributed by atoms with van der Waals surface area (Å²) in [6.45, 7) is 6.88. The standard InChI is InChI=1S/C18H29N3O5/c1-17(2,3)13-10-20(16(25)26)6-5-18(13)14(23)19(4)15(24)21(18)9-11-7-12(22)8-11/h11-13,22H,5-10H2,1-4H3,(H,25,26). The van der Waals surface area contributed by atoms with E-state index in [0.29, 0.717) is 25.8 Å². The zero-order valence-corrected chi connectivity index (χ0v) is 15.9. The van der Waals surface area contributed by atoms with Gasteiger partial charge in [-0.15, -0.1) is 0 Å². The third-order valence-corrected chi connectivity index (χ3v) is 6.38. The summed E-state index contributed by atoms with van der Waals surface area (Å²) in [4.78, 5) is 41.8. The summed E-state index contributed by atoms with van der Waals surface area (Å²) in [7, 11) is 1.51. The number of carbonyl (C=O) groups is 3. The van der Waals surface area contributed by atoms with Crippen LogP contribution in [0, 0.1) is 17.3 Å². The van der Waals surface area contributed by atoms with E-state index in [1.165, 1.54) is 16.8 Å². The lowest BCUT2D eigenvalue weighted by atomic mass is 9.64. The highest BCUT2D eigenvalue weighted by Gasteiger charge is 2.64. The maximum atomic E-state index is 13.2. The van der Waals surface area contributed by atoms with Crippen molar-refractivity contribution < 1.29 is 24.6 Å². The normalized spacial score (nSPS) is 35.3. The second-order valence-corrected chi connectivity index (χ2v) is 9.07. The Balaban J connectivity index is 1.99. The van der Waals surface area contributed by atoms with Gasteiger partial charge in [-0.2, -0.15) is 0 Å². The highest BCUT2D eigenvalue weighted by Crippen LogP contribution is 2.48. The molecule has 3 rings (SSSR count). The Morgan fingerprint density at radius 3 is 2.38 bits per heavy atom. The molecule has 2 saturated heterocycles. The Bertz CT molecular complexity index is 625. The number of likely N-dealkylation sites (N-methyl/N-ethyl adjacent to an activating group) is 1. The Hall–Kier alpha value is -1.83. The van der Waals surface area contributed by atoms with Gasteiger partial charge in [-0.25, -0.2) is 9.59 Å². The molecule has 8 heteroatoms. The van der Waals surface area contributed by atoms with E-state index in [4.69, 9.17) is 0 Å². The predicted molar refractivity (Wildman–Crippen MR) is 93.5 cm³/mol. The monoisotopic (exact) mass is 367 g/mol. The highest BCUT2D eigenvalue weighted by atomic mass is 16.4. The first-order chi connectivity index (χ1) is 12.0. The van der Waals surface area contributed by atoms with Crippen molar-refractivity contribution in [2.24, 2.45) is 17.3 Å². The summed E-state index contributed by atoms with van der Waals surface area (Å²) >= 11 is 0. The smallest absolute Gasteiger partial charge is 0.407 e. The number of aliphatic hydroxyl groups excluding tert-OH is 1. The van der Waals surface area contributed by atoms with E-state index in [0.717, 1.165) is 0 Å². The van der Waals surface area contributed by atoms with Gasteiger partial charge in [0.1, 0.15) is 5.54 Å². The summed E-state index contributed by atoms with van der Waals surface area (Å²) in [5.41, 5.74) is -1.36. The number of imide groups is 1. The molecule has 4 amide bonds. The van der Waals surface area contributed by atoms with Crippen molar-refractivity contribution in [3.63, 3.8) is 0 Å². The molecule has 8 nitrogen and oxygen atoms in total. The van der Waals surface area contributed by atoms with Crippen LogP contribution in [0.1, 0.15) is 40.0 Å². The van der Waals surface area contributed by atoms with Crippen molar-refractivity contribution in [3.05, 3.63) is 0 Å². The topological polar surface area (TPSA) is 101 Å². The van der Waals surface area contributed by atoms with E-state index in [1.807, 2.05) is 20.8 Å². The van der Waals surface area contributed by atoms with Gasteiger partial charge in [-0.1, -0.05) is 20.8 Å².